The quantitative estimate of drug-likeness (QED) is 0.345. The van der Waals surface area contributed by atoms with Crippen molar-refractivity contribution in [1.29, 1.82) is 0 Å². The van der Waals surface area contributed by atoms with Gasteiger partial charge in [-0.3, -0.25) is 0 Å². The molecule has 0 atom stereocenters. The van der Waals surface area contributed by atoms with Gasteiger partial charge in [0, 0.05) is 0 Å². The van der Waals surface area contributed by atoms with Gasteiger partial charge in [0.2, 0.25) is 0 Å². The maximum atomic E-state index is 11.6. The van der Waals surface area contributed by atoms with Crippen LogP contribution in [0.15, 0.2) is 33.7 Å². The molecule has 0 N–H and O–H groups in total. The number of nitrogens with zero attached hydrogens (tertiary/aromatic N) is 2. The average molecular weight is 356 g/mol. The van der Waals surface area contributed by atoms with Gasteiger partial charge in [-0.2, -0.15) is 0 Å². The van der Waals surface area contributed by atoms with Crippen LogP contribution >= 0.6 is 0 Å². The molecule has 1 heterocycles. The number of benzene rings is 1. The van der Waals surface area contributed by atoms with Crippen molar-refractivity contribution in [2.45, 2.75) is 6.92 Å². The van der Waals surface area contributed by atoms with Gasteiger partial charge in [0.1, 0.15) is 0 Å². The number of carbonyl (C=O) groups is 1. The second-order valence-electron chi connectivity index (χ2n) is 3.57. The number of rotatable bonds is 2. The molecule has 92 valence electrons. The van der Waals surface area contributed by atoms with E-state index in [1.165, 1.54) is 10.7 Å². The van der Waals surface area contributed by atoms with Crippen LogP contribution < -0.4 is 8.51 Å². The summed E-state index contributed by atoms with van der Waals surface area (Å²) in [6, 6.07) is 8.09. The third kappa shape index (κ3) is 2.10. The number of methoxy groups -OCH3 is 1. The molecule has 4 nitrogen and oxygen atoms in total. The Kier molecular flexibility index (Phi) is 3.91. The van der Waals surface area contributed by atoms with E-state index in [0.29, 0.717) is 0 Å². The summed E-state index contributed by atoms with van der Waals surface area (Å²) in [5.74, 6) is -0.531. The number of anilines is 1. The molecule has 0 spiro atoms. The average Bonchev–Trinajstić information content (AvgIpc) is 2.77. The minimum atomic E-state index is -0.684. The first kappa shape index (κ1) is 13.0. The van der Waals surface area contributed by atoms with E-state index in [2.05, 4.69) is 15.8 Å². The molecule has 1 aromatic rings. The van der Waals surface area contributed by atoms with Crippen LogP contribution in [0.3, 0.4) is 0 Å². The molecule has 0 fully saturated rings. The Bertz CT molecular complexity index is 560. The summed E-state index contributed by atoms with van der Waals surface area (Å²) in [6.07, 6.45) is 0. The summed E-state index contributed by atoms with van der Waals surface area (Å²) in [5.41, 5.74) is 1.26. The molecule has 0 saturated heterocycles. The van der Waals surface area contributed by atoms with E-state index < -0.39 is 26.9 Å². The first-order valence-corrected chi connectivity index (χ1v) is 7.80. The number of carbonyl (C=O) groups excluding carboxylic acids is 1. The first-order chi connectivity index (χ1) is 8.72. The van der Waals surface area contributed by atoms with E-state index in [1.807, 2.05) is 25.1 Å². The topological polar surface area (TPSA) is 33.9 Å². The van der Waals surface area contributed by atoms with E-state index in [9.17, 15) is 4.79 Å². The molecular formula is C13H12N2O2Te. The van der Waals surface area contributed by atoms with Crippen molar-refractivity contribution in [2.24, 2.45) is 0 Å². The molecule has 0 aromatic heterocycles. The second kappa shape index (κ2) is 5.44. The van der Waals surface area contributed by atoms with Crippen molar-refractivity contribution >= 4 is 36.2 Å². The Morgan fingerprint density at radius 2 is 2.22 bits per heavy atom. The van der Waals surface area contributed by atoms with Crippen molar-refractivity contribution in [1.82, 2.24) is 0 Å². The van der Waals surface area contributed by atoms with Crippen molar-refractivity contribution in [3.05, 3.63) is 45.1 Å². The molecule has 5 heteroatoms. The van der Waals surface area contributed by atoms with Gasteiger partial charge in [0.25, 0.3) is 0 Å². The molecular weight excluding hydrogens is 344 g/mol. The Morgan fingerprint density at radius 1 is 1.50 bits per heavy atom. The van der Waals surface area contributed by atoms with Crippen LogP contribution in [-0.4, -0.2) is 40.5 Å². The van der Waals surface area contributed by atoms with Crippen molar-refractivity contribution in [3.8, 4) is 0 Å². The molecule has 2 rings (SSSR count). The fourth-order valence-electron chi connectivity index (χ4n) is 1.80. The number of ether oxygens (including phenoxy) is 1. The standard InChI is InChI=1S/C13H12N2O2Te/c1-4-15-9-7-5-6-8-10(9)18-12(15)11(14-2)13(16)17-3/h5-8H,4H2,1,3H3/b12-11-. The molecule has 1 aromatic carbocycles. The minimum absolute atomic E-state index is 0.137. The van der Waals surface area contributed by atoms with Crippen LogP contribution in [0.4, 0.5) is 5.69 Å². The molecule has 1 aliphatic heterocycles. The number of hydrogen-bond acceptors (Lipinski definition) is 3. The summed E-state index contributed by atoms with van der Waals surface area (Å²) in [7, 11) is 1.31. The fraction of sp³-hybridized carbons (Fsp3) is 0.231. The second-order valence-corrected chi connectivity index (χ2v) is 6.51. The van der Waals surface area contributed by atoms with Crippen molar-refractivity contribution in [3.63, 3.8) is 0 Å². The SMILES string of the molecule is [C-]#[N+]/C(C(=O)OC)=C1\[Te]c2ccccc2N1CC. The summed E-state index contributed by atoms with van der Waals surface area (Å²) in [4.78, 5) is 17.1. The molecule has 0 amide bonds. The van der Waals surface area contributed by atoms with E-state index in [0.717, 1.165) is 16.0 Å². The number of hydrogen-bond donors (Lipinski definition) is 0. The van der Waals surface area contributed by atoms with Gasteiger partial charge in [-0.1, -0.05) is 0 Å². The van der Waals surface area contributed by atoms with Crippen molar-refractivity contribution < 1.29 is 9.53 Å². The van der Waals surface area contributed by atoms with Crippen LogP contribution in [-0.2, 0) is 9.53 Å². The van der Waals surface area contributed by atoms with Gasteiger partial charge in [0.15, 0.2) is 0 Å². The van der Waals surface area contributed by atoms with E-state index in [4.69, 9.17) is 11.3 Å². The summed E-state index contributed by atoms with van der Waals surface area (Å²) in [6.45, 7) is 9.97. The van der Waals surface area contributed by atoms with Crippen LogP contribution in [0.5, 0.6) is 0 Å². The molecule has 0 saturated carbocycles. The Hall–Kier alpha value is -1.49. The molecule has 0 bridgehead atoms. The van der Waals surface area contributed by atoms with E-state index in [1.54, 1.807) is 0 Å². The molecule has 0 radical (unpaired) electrons. The van der Waals surface area contributed by atoms with E-state index in [-0.39, 0.29) is 5.70 Å². The number of para-hydroxylation sites is 1. The zero-order chi connectivity index (χ0) is 13.1. The van der Waals surface area contributed by atoms with Gasteiger partial charge in [-0.25, -0.2) is 0 Å². The zero-order valence-electron chi connectivity index (χ0n) is 10.1. The summed E-state index contributed by atoms with van der Waals surface area (Å²) in [5, 5.41) is 0. The summed E-state index contributed by atoms with van der Waals surface area (Å²) >= 11 is -0.684. The first-order valence-electron chi connectivity index (χ1n) is 5.47. The fourth-order valence-corrected chi connectivity index (χ4v) is 5.23. The third-order valence-corrected chi connectivity index (χ3v) is 5.96. The number of fused-ring (bicyclic) bond motifs is 1. The summed E-state index contributed by atoms with van der Waals surface area (Å²) < 4.78 is 6.83. The normalized spacial score (nSPS) is 15.9. The Labute approximate surface area is 116 Å². The third-order valence-electron chi connectivity index (χ3n) is 2.62. The van der Waals surface area contributed by atoms with Crippen LogP contribution in [0.2, 0.25) is 0 Å². The van der Waals surface area contributed by atoms with Gasteiger partial charge in [0.05, 0.1) is 0 Å². The van der Waals surface area contributed by atoms with Crippen LogP contribution in [0.1, 0.15) is 6.92 Å². The van der Waals surface area contributed by atoms with Gasteiger partial charge in [-0.05, 0) is 0 Å². The predicted molar refractivity (Wildman–Crippen MR) is 70.5 cm³/mol. The molecule has 0 unspecified atom stereocenters. The number of esters is 1. The van der Waals surface area contributed by atoms with Crippen LogP contribution in [0, 0.1) is 6.57 Å². The Morgan fingerprint density at radius 3 is 2.83 bits per heavy atom. The molecule has 0 aliphatic carbocycles. The van der Waals surface area contributed by atoms with E-state index >= 15 is 0 Å². The molecule has 1 aliphatic rings. The zero-order valence-corrected chi connectivity index (χ0v) is 12.5. The maximum absolute atomic E-state index is 11.6. The molecule has 18 heavy (non-hydrogen) atoms. The van der Waals surface area contributed by atoms with Crippen molar-refractivity contribution in [2.75, 3.05) is 18.6 Å². The van der Waals surface area contributed by atoms with Crippen LogP contribution in [0.25, 0.3) is 4.85 Å². The van der Waals surface area contributed by atoms with Gasteiger partial charge >= 0.3 is 116 Å². The predicted octanol–water partition coefficient (Wildman–Crippen LogP) is 1.12. The van der Waals surface area contributed by atoms with Gasteiger partial charge < -0.3 is 0 Å². The monoisotopic (exact) mass is 358 g/mol. The Balaban J connectivity index is 2.53. The van der Waals surface area contributed by atoms with Gasteiger partial charge in [-0.15, -0.1) is 0 Å².